The van der Waals surface area contributed by atoms with Crippen LogP contribution in [0.4, 0.5) is 0 Å². The molecule has 1 N–H and O–H groups in total. The smallest absolute Gasteiger partial charge is 0.246 e. The maximum Gasteiger partial charge on any atom is 0.246 e. The molecule has 2 heterocycles. The van der Waals surface area contributed by atoms with Gasteiger partial charge in [0.05, 0.1) is 12.1 Å². The molecule has 6 heteroatoms. The number of nitrogens with zero attached hydrogens (tertiary/aromatic N) is 2. The summed E-state index contributed by atoms with van der Waals surface area (Å²) in [6.07, 6.45) is 3.22. The van der Waals surface area contributed by atoms with Crippen molar-refractivity contribution in [1.82, 2.24) is 14.8 Å². The van der Waals surface area contributed by atoms with E-state index in [9.17, 15) is 9.59 Å². The first kappa shape index (κ1) is 15.8. The number of aromatic nitrogens is 1. The highest BCUT2D eigenvalue weighted by atomic mass is 79.9. The Hall–Kier alpha value is -2.08. The van der Waals surface area contributed by atoms with Gasteiger partial charge in [0.1, 0.15) is 6.54 Å². The average Bonchev–Trinajstić information content (AvgIpc) is 2.91. The van der Waals surface area contributed by atoms with Gasteiger partial charge in [-0.05, 0) is 37.3 Å². The molecular formula is C17H18BrN3O2. The van der Waals surface area contributed by atoms with E-state index in [-0.39, 0.29) is 30.4 Å². The quantitative estimate of drug-likeness (QED) is 0.833. The van der Waals surface area contributed by atoms with Crippen molar-refractivity contribution < 1.29 is 9.59 Å². The predicted octanol–water partition coefficient (Wildman–Crippen LogP) is 2.31. The zero-order chi connectivity index (χ0) is 16.6. The minimum atomic E-state index is -0.0926. The Kier molecular flexibility index (Phi) is 4.26. The number of rotatable bonds is 4. The molecule has 23 heavy (non-hydrogen) atoms. The van der Waals surface area contributed by atoms with E-state index < -0.39 is 0 Å². The molecule has 0 bridgehead atoms. The Bertz CT molecular complexity index is 783. The van der Waals surface area contributed by atoms with Crippen molar-refractivity contribution in [3.63, 3.8) is 0 Å². The SMILES string of the molecule is C=CC(=O)N1CC(NC(=O)Cn2ccc3cc(Br)ccc32)[C@@H]1C. The van der Waals surface area contributed by atoms with Crippen LogP contribution in [0.15, 0.2) is 47.6 Å². The van der Waals surface area contributed by atoms with Crippen molar-refractivity contribution >= 4 is 38.6 Å². The highest BCUT2D eigenvalue weighted by molar-refractivity contribution is 9.10. The molecular weight excluding hydrogens is 358 g/mol. The van der Waals surface area contributed by atoms with Crippen molar-refractivity contribution in [3.05, 3.63) is 47.6 Å². The third-order valence-corrected chi connectivity index (χ3v) is 4.81. The molecule has 1 aliphatic rings. The molecule has 1 aliphatic heterocycles. The topological polar surface area (TPSA) is 54.3 Å². The molecule has 0 spiro atoms. The molecule has 0 saturated carbocycles. The van der Waals surface area contributed by atoms with Crippen LogP contribution in [-0.4, -0.2) is 39.9 Å². The summed E-state index contributed by atoms with van der Waals surface area (Å²) in [5, 5.41) is 4.08. The van der Waals surface area contributed by atoms with E-state index in [0.717, 1.165) is 15.4 Å². The van der Waals surface area contributed by atoms with E-state index in [1.54, 1.807) is 4.90 Å². The lowest BCUT2D eigenvalue weighted by Gasteiger charge is -2.46. The third kappa shape index (κ3) is 3.03. The van der Waals surface area contributed by atoms with Crippen molar-refractivity contribution in [2.45, 2.75) is 25.6 Å². The highest BCUT2D eigenvalue weighted by Gasteiger charge is 2.38. The van der Waals surface area contributed by atoms with Gasteiger partial charge in [0, 0.05) is 28.1 Å². The fourth-order valence-electron chi connectivity index (χ4n) is 2.90. The molecule has 3 rings (SSSR count). The van der Waals surface area contributed by atoms with Crippen LogP contribution in [0.25, 0.3) is 10.9 Å². The maximum absolute atomic E-state index is 12.3. The summed E-state index contributed by atoms with van der Waals surface area (Å²) in [5.74, 6) is -0.141. The van der Waals surface area contributed by atoms with E-state index in [1.165, 1.54) is 6.08 Å². The predicted molar refractivity (Wildman–Crippen MR) is 92.9 cm³/mol. The fraction of sp³-hybridized carbons (Fsp3) is 0.294. The lowest BCUT2D eigenvalue weighted by atomic mass is 9.98. The van der Waals surface area contributed by atoms with Gasteiger partial charge in [-0.15, -0.1) is 0 Å². The number of nitrogens with one attached hydrogen (secondary N) is 1. The lowest BCUT2D eigenvalue weighted by Crippen LogP contribution is -2.66. The van der Waals surface area contributed by atoms with Crippen molar-refractivity contribution in [1.29, 1.82) is 0 Å². The molecule has 1 fully saturated rings. The van der Waals surface area contributed by atoms with Crippen LogP contribution in [0.5, 0.6) is 0 Å². The van der Waals surface area contributed by atoms with Crippen LogP contribution in [-0.2, 0) is 16.1 Å². The molecule has 0 radical (unpaired) electrons. The van der Waals surface area contributed by atoms with Gasteiger partial charge >= 0.3 is 0 Å². The minimum Gasteiger partial charge on any atom is -0.348 e. The van der Waals surface area contributed by atoms with Crippen molar-refractivity contribution in [2.75, 3.05) is 6.54 Å². The van der Waals surface area contributed by atoms with Gasteiger partial charge in [-0.2, -0.15) is 0 Å². The number of amides is 2. The summed E-state index contributed by atoms with van der Waals surface area (Å²) in [7, 11) is 0. The summed E-state index contributed by atoms with van der Waals surface area (Å²) in [4.78, 5) is 25.5. The average molecular weight is 376 g/mol. The van der Waals surface area contributed by atoms with Gasteiger partial charge in [0.15, 0.2) is 0 Å². The molecule has 1 aromatic carbocycles. The van der Waals surface area contributed by atoms with Gasteiger partial charge in [0.25, 0.3) is 0 Å². The number of likely N-dealkylation sites (tertiary alicyclic amines) is 1. The third-order valence-electron chi connectivity index (χ3n) is 4.32. The Balaban J connectivity index is 1.62. The van der Waals surface area contributed by atoms with Gasteiger partial charge in [-0.3, -0.25) is 9.59 Å². The van der Waals surface area contributed by atoms with E-state index in [0.29, 0.717) is 6.54 Å². The molecule has 2 aromatic rings. The van der Waals surface area contributed by atoms with E-state index in [2.05, 4.69) is 27.8 Å². The molecule has 1 aromatic heterocycles. The molecule has 120 valence electrons. The molecule has 1 unspecified atom stereocenters. The van der Waals surface area contributed by atoms with Crippen molar-refractivity contribution in [2.24, 2.45) is 0 Å². The Morgan fingerprint density at radius 3 is 2.91 bits per heavy atom. The lowest BCUT2D eigenvalue weighted by molar-refractivity contribution is -0.137. The van der Waals surface area contributed by atoms with Gasteiger partial charge in [-0.25, -0.2) is 0 Å². The Morgan fingerprint density at radius 1 is 1.43 bits per heavy atom. The van der Waals surface area contributed by atoms with E-state index in [1.807, 2.05) is 42.0 Å². The van der Waals surface area contributed by atoms with E-state index in [4.69, 9.17) is 0 Å². The largest absolute Gasteiger partial charge is 0.348 e. The zero-order valence-corrected chi connectivity index (χ0v) is 14.4. The van der Waals surface area contributed by atoms with Crippen LogP contribution in [0, 0.1) is 0 Å². The molecule has 0 aliphatic carbocycles. The molecule has 1 saturated heterocycles. The normalized spacial score (nSPS) is 20.2. The van der Waals surface area contributed by atoms with Crippen LogP contribution in [0.3, 0.4) is 0 Å². The Labute approximate surface area is 143 Å². The molecule has 5 nitrogen and oxygen atoms in total. The molecule has 2 amide bonds. The summed E-state index contributed by atoms with van der Waals surface area (Å²) in [6.45, 7) is 6.22. The maximum atomic E-state index is 12.3. The number of carbonyl (C=O) groups is 2. The number of hydrogen-bond donors (Lipinski definition) is 1. The minimum absolute atomic E-state index is 0.00168. The second-order valence-electron chi connectivity index (χ2n) is 5.76. The van der Waals surface area contributed by atoms with Gasteiger partial charge in [0.2, 0.25) is 11.8 Å². The first-order valence-electron chi connectivity index (χ1n) is 7.46. The number of hydrogen-bond acceptors (Lipinski definition) is 2. The first-order valence-corrected chi connectivity index (χ1v) is 8.25. The second-order valence-corrected chi connectivity index (χ2v) is 6.67. The monoisotopic (exact) mass is 375 g/mol. The van der Waals surface area contributed by atoms with Crippen LogP contribution in [0.1, 0.15) is 6.92 Å². The Morgan fingerprint density at radius 2 is 2.22 bits per heavy atom. The second kappa shape index (κ2) is 6.20. The van der Waals surface area contributed by atoms with Gasteiger partial charge in [-0.1, -0.05) is 22.5 Å². The number of benzene rings is 1. The first-order chi connectivity index (χ1) is 11.0. The summed E-state index contributed by atoms with van der Waals surface area (Å²) in [6, 6.07) is 7.97. The van der Waals surface area contributed by atoms with Gasteiger partial charge < -0.3 is 14.8 Å². The van der Waals surface area contributed by atoms with E-state index >= 15 is 0 Å². The van der Waals surface area contributed by atoms with Crippen molar-refractivity contribution in [3.8, 4) is 0 Å². The number of fused-ring (bicyclic) bond motifs is 1. The fourth-order valence-corrected chi connectivity index (χ4v) is 3.28. The zero-order valence-electron chi connectivity index (χ0n) is 12.8. The van der Waals surface area contributed by atoms with Crippen LogP contribution in [0.2, 0.25) is 0 Å². The summed E-state index contributed by atoms with van der Waals surface area (Å²) < 4.78 is 2.94. The number of carbonyl (C=O) groups excluding carboxylic acids is 2. The number of halogens is 1. The highest BCUT2D eigenvalue weighted by Crippen LogP contribution is 2.21. The van der Waals surface area contributed by atoms with Crippen LogP contribution < -0.4 is 5.32 Å². The molecule has 2 atom stereocenters. The summed E-state index contributed by atoms with van der Waals surface area (Å²) >= 11 is 3.44. The van der Waals surface area contributed by atoms with Crippen LogP contribution >= 0.6 is 15.9 Å². The standard InChI is InChI=1S/C17H18BrN3O2/c1-3-17(23)21-9-14(11(21)2)19-16(22)10-20-7-6-12-8-13(18)4-5-15(12)20/h3-8,11,14H,1,9-10H2,2H3,(H,19,22)/t11-,14?/m0/s1. The summed E-state index contributed by atoms with van der Waals surface area (Å²) in [5.41, 5.74) is 1.02.